The van der Waals surface area contributed by atoms with Crippen molar-refractivity contribution in [1.82, 2.24) is 0 Å². The van der Waals surface area contributed by atoms with Crippen molar-refractivity contribution in [2.24, 2.45) is 0 Å². The normalized spacial score (nSPS) is 12.1. The van der Waals surface area contributed by atoms with E-state index in [4.69, 9.17) is 14.2 Å². The van der Waals surface area contributed by atoms with E-state index >= 15 is 0 Å². The summed E-state index contributed by atoms with van der Waals surface area (Å²) in [4.78, 5) is 35.8. The number of methoxy groups -OCH3 is 3. The van der Waals surface area contributed by atoms with Gasteiger partial charge in [0.1, 0.15) is 17.3 Å². The molecular weight excluding hydrogens is 877 g/mol. The predicted molar refractivity (Wildman–Crippen MR) is 276 cm³/mol. The summed E-state index contributed by atoms with van der Waals surface area (Å²) < 4.78 is 15.2. The third-order valence-electron chi connectivity index (χ3n) is 12.1. The number of ether oxygens (including phenoxy) is 3. The Morgan fingerprint density at radius 3 is 0.928 bits per heavy atom. The minimum absolute atomic E-state index is 0.0750. The van der Waals surface area contributed by atoms with E-state index in [1.54, 1.807) is 54.6 Å². The van der Waals surface area contributed by atoms with Gasteiger partial charge in [0.25, 0.3) is 0 Å². The van der Waals surface area contributed by atoms with E-state index in [2.05, 4.69) is 20.8 Å². The maximum absolute atomic E-state index is 12.0. The lowest BCUT2D eigenvalue weighted by atomic mass is 10.0. The monoisotopic (exact) mass is 967 g/mol. The van der Waals surface area contributed by atoms with E-state index in [1.807, 2.05) is 0 Å². The summed E-state index contributed by atoms with van der Waals surface area (Å²) in [7, 11) is 4.50. The van der Waals surface area contributed by atoms with Gasteiger partial charge in [-0.1, -0.05) is 135 Å². The maximum atomic E-state index is 12.0. The van der Waals surface area contributed by atoms with Gasteiger partial charge in [0.15, 0.2) is 34.5 Å². The lowest BCUT2D eigenvalue weighted by molar-refractivity contribution is -0.121. The zero-order valence-electron chi connectivity index (χ0n) is 43.2. The molecule has 12 heteroatoms. The van der Waals surface area contributed by atoms with E-state index in [0.29, 0.717) is 75.0 Å². The van der Waals surface area contributed by atoms with Gasteiger partial charge >= 0.3 is 0 Å². The summed E-state index contributed by atoms with van der Waals surface area (Å²) in [5.74, 6) is 1.79. The molecule has 3 rings (SSSR count). The van der Waals surface area contributed by atoms with E-state index < -0.39 is 18.3 Å². The standard InChI is InChI=1S/C21H34O4.C19H30O4.C17H26O4/c1-3-4-5-6-7-8-9-10-18(22)16-19(23)13-11-17-12-14-20(24)21(15-17)25-2;1-3-4-5-6-7-8-16(20)14-17(21)11-9-15-10-12-18(22)19(13-15)23-2;1-3-4-5-6-14(18)12-15(19)9-7-13-8-10-16(20)17(11-13)21-2/h12,14-15,18,22,24H,3-11,13,16H2,1-2H3;10,12-13,16,20,22H,3-9,11,14H2,1-2H3;8,10-11,14,18,20H,3-7,9,12H2,1-2H3/t18-;16-;14-/m000/s1. The number of ketones is 3. The Bertz CT molecular complexity index is 1830. The van der Waals surface area contributed by atoms with Gasteiger partial charge in [0, 0.05) is 38.5 Å². The van der Waals surface area contributed by atoms with Crippen LogP contribution in [0.1, 0.15) is 192 Å². The number of hydrogen-bond donors (Lipinski definition) is 6. The zero-order chi connectivity index (χ0) is 51.2. The molecule has 0 spiro atoms. The van der Waals surface area contributed by atoms with Crippen LogP contribution in [0.15, 0.2) is 54.6 Å². The lowest BCUT2D eigenvalue weighted by Gasteiger charge is -2.10. The molecule has 0 saturated heterocycles. The van der Waals surface area contributed by atoms with E-state index in [0.717, 1.165) is 61.6 Å². The topological polar surface area (TPSA) is 200 Å². The fraction of sp³-hybridized carbons (Fsp3) is 0.632. The van der Waals surface area contributed by atoms with E-state index in [1.165, 1.54) is 72.7 Å². The highest BCUT2D eigenvalue weighted by Gasteiger charge is 2.15. The molecule has 0 aliphatic heterocycles. The molecular formula is C57H90O12. The molecule has 0 radical (unpaired) electrons. The van der Waals surface area contributed by atoms with Crippen molar-refractivity contribution in [1.29, 1.82) is 0 Å². The second-order valence-corrected chi connectivity index (χ2v) is 18.3. The number of aliphatic hydroxyl groups is 3. The minimum atomic E-state index is -0.516. The molecule has 0 aliphatic rings. The van der Waals surface area contributed by atoms with Gasteiger partial charge in [0.2, 0.25) is 0 Å². The number of carbonyl (C=O) groups is 3. The van der Waals surface area contributed by atoms with Crippen LogP contribution in [0.25, 0.3) is 0 Å². The molecule has 0 unspecified atom stereocenters. The Labute approximate surface area is 414 Å². The molecule has 0 saturated carbocycles. The molecule has 0 aliphatic carbocycles. The maximum Gasteiger partial charge on any atom is 0.160 e. The molecule has 390 valence electrons. The summed E-state index contributed by atoms with van der Waals surface area (Å²) in [6, 6.07) is 15.3. The first-order chi connectivity index (χ1) is 33.2. The first kappa shape index (κ1) is 62.4. The molecule has 69 heavy (non-hydrogen) atoms. The molecule has 6 N–H and O–H groups in total. The number of aryl methyl sites for hydroxylation is 3. The van der Waals surface area contributed by atoms with Crippen molar-refractivity contribution in [2.45, 2.75) is 212 Å². The number of phenols is 3. The number of rotatable bonds is 36. The highest BCUT2D eigenvalue weighted by molar-refractivity contribution is 5.80. The molecule has 3 atom stereocenters. The van der Waals surface area contributed by atoms with Crippen LogP contribution in [-0.2, 0) is 33.6 Å². The van der Waals surface area contributed by atoms with Crippen molar-refractivity contribution in [3.8, 4) is 34.5 Å². The second-order valence-electron chi connectivity index (χ2n) is 18.3. The highest BCUT2D eigenvalue weighted by atomic mass is 16.5. The zero-order valence-corrected chi connectivity index (χ0v) is 43.2. The smallest absolute Gasteiger partial charge is 0.160 e. The van der Waals surface area contributed by atoms with Crippen LogP contribution in [0.2, 0.25) is 0 Å². The van der Waals surface area contributed by atoms with Gasteiger partial charge in [-0.3, -0.25) is 14.4 Å². The molecule has 0 aromatic heterocycles. The Hall–Kier alpha value is -4.65. The number of hydrogen-bond acceptors (Lipinski definition) is 12. The number of aromatic hydroxyl groups is 3. The van der Waals surface area contributed by atoms with Gasteiger partial charge in [-0.2, -0.15) is 0 Å². The quantitative estimate of drug-likeness (QED) is 0.0302. The Balaban J connectivity index is 0.000000519. The molecule has 3 aromatic carbocycles. The summed E-state index contributed by atoms with van der Waals surface area (Å²) in [5, 5.41) is 58.3. The van der Waals surface area contributed by atoms with Crippen LogP contribution in [0.4, 0.5) is 0 Å². The second kappa shape index (κ2) is 39.1. The number of carbonyl (C=O) groups excluding carboxylic acids is 3. The fourth-order valence-electron chi connectivity index (χ4n) is 7.84. The molecule has 0 amide bonds. The number of benzene rings is 3. The molecule has 0 heterocycles. The van der Waals surface area contributed by atoms with Gasteiger partial charge in [-0.15, -0.1) is 0 Å². The fourth-order valence-corrected chi connectivity index (χ4v) is 7.84. The Kier molecular flexibility index (Phi) is 35.4. The van der Waals surface area contributed by atoms with Gasteiger partial charge in [-0.25, -0.2) is 0 Å². The van der Waals surface area contributed by atoms with Crippen LogP contribution < -0.4 is 14.2 Å². The SMILES string of the molecule is CCCCCCCCC[C@H](O)CC(=O)CCc1ccc(O)c(OC)c1.CCCCCCC[C@H](O)CC(=O)CCc1ccc(O)c(OC)c1.CCCCC[C@H](O)CC(=O)CCc1ccc(O)c(OC)c1. The third-order valence-corrected chi connectivity index (χ3v) is 12.1. The molecule has 3 aromatic rings. The van der Waals surface area contributed by atoms with Crippen LogP contribution in [0.5, 0.6) is 34.5 Å². The molecule has 0 fully saturated rings. The van der Waals surface area contributed by atoms with Gasteiger partial charge in [0.05, 0.1) is 39.6 Å². The van der Waals surface area contributed by atoms with Crippen molar-refractivity contribution in [3.05, 3.63) is 71.3 Å². The van der Waals surface area contributed by atoms with E-state index in [9.17, 15) is 45.0 Å². The molecule has 0 bridgehead atoms. The summed E-state index contributed by atoms with van der Waals surface area (Å²) in [6.07, 6.45) is 21.8. The number of unbranched alkanes of at least 4 members (excludes halogenated alkanes) is 12. The first-order valence-corrected chi connectivity index (χ1v) is 25.9. The molecule has 12 nitrogen and oxygen atoms in total. The average molecular weight is 967 g/mol. The van der Waals surface area contributed by atoms with Crippen LogP contribution in [0, 0.1) is 0 Å². The van der Waals surface area contributed by atoms with Crippen molar-refractivity contribution >= 4 is 17.3 Å². The minimum Gasteiger partial charge on any atom is -0.504 e. The van der Waals surface area contributed by atoms with Crippen LogP contribution in [0.3, 0.4) is 0 Å². The van der Waals surface area contributed by atoms with Crippen molar-refractivity contribution < 1.29 is 59.2 Å². The number of Topliss-reactive ketones (excluding diaryl/α,β-unsaturated/α-hetero) is 3. The van der Waals surface area contributed by atoms with Crippen LogP contribution >= 0.6 is 0 Å². The van der Waals surface area contributed by atoms with Crippen LogP contribution in [-0.4, -0.2) is 87.6 Å². The highest BCUT2D eigenvalue weighted by Crippen LogP contribution is 2.29. The van der Waals surface area contributed by atoms with Gasteiger partial charge in [-0.05, 0) is 91.6 Å². The van der Waals surface area contributed by atoms with E-state index in [-0.39, 0.29) is 53.9 Å². The third kappa shape index (κ3) is 30.5. The Morgan fingerprint density at radius 2 is 0.652 bits per heavy atom. The summed E-state index contributed by atoms with van der Waals surface area (Å²) in [5.41, 5.74) is 2.84. The average Bonchev–Trinajstić information content (AvgIpc) is 3.33. The van der Waals surface area contributed by atoms with Crippen molar-refractivity contribution in [2.75, 3.05) is 21.3 Å². The summed E-state index contributed by atoms with van der Waals surface area (Å²) in [6.45, 7) is 6.51. The lowest BCUT2D eigenvalue weighted by Crippen LogP contribution is -2.14. The number of aliphatic hydroxyl groups excluding tert-OH is 3. The summed E-state index contributed by atoms with van der Waals surface area (Å²) >= 11 is 0. The number of phenolic OH excluding ortho intramolecular Hbond substituents is 3. The predicted octanol–water partition coefficient (Wildman–Crippen LogP) is 12.0. The van der Waals surface area contributed by atoms with Crippen molar-refractivity contribution in [3.63, 3.8) is 0 Å². The first-order valence-electron chi connectivity index (χ1n) is 25.9. The largest absolute Gasteiger partial charge is 0.504 e. The van der Waals surface area contributed by atoms with Gasteiger partial charge < -0.3 is 44.8 Å². The Morgan fingerprint density at radius 1 is 0.406 bits per heavy atom.